The fourth-order valence-electron chi connectivity index (χ4n) is 4.08. The van der Waals surface area contributed by atoms with Crippen LogP contribution in [0.25, 0.3) is 0 Å². The number of hydrogen-bond acceptors (Lipinski definition) is 4. The van der Waals surface area contributed by atoms with Crippen LogP contribution in [0, 0.1) is 10.8 Å². The molecule has 1 unspecified atom stereocenters. The molecular weight excluding hydrogens is 310 g/mol. The summed E-state index contributed by atoms with van der Waals surface area (Å²) in [5.41, 5.74) is -1.72. The first-order valence-corrected chi connectivity index (χ1v) is 8.81. The molecule has 2 amide bonds. The molecule has 3 fully saturated rings. The van der Waals surface area contributed by atoms with Crippen molar-refractivity contribution in [1.29, 1.82) is 0 Å². The maximum Gasteiger partial charge on any atom is 0.319 e. The van der Waals surface area contributed by atoms with Gasteiger partial charge in [-0.2, -0.15) is 0 Å². The summed E-state index contributed by atoms with van der Waals surface area (Å²) >= 11 is 0. The number of aliphatic carboxylic acids is 1. The van der Waals surface area contributed by atoms with E-state index in [0.717, 1.165) is 25.9 Å². The average Bonchev–Trinajstić information content (AvgIpc) is 2.91. The Hall–Kier alpha value is -1.63. The minimum Gasteiger partial charge on any atom is -0.480 e. The van der Waals surface area contributed by atoms with E-state index in [4.69, 9.17) is 0 Å². The Morgan fingerprint density at radius 2 is 1.46 bits per heavy atom. The van der Waals surface area contributed by atoms with Gasteiger partial charge < -0.3 is 14.9 Å². The standard InChI is InChI=1S/C17H27N3O4/c1-16(2)12-17(16,15(23)24)14(22)20-9-7-18(8-10-20)11-13(21)19-5-3-4-6-19/h3-12H2,1-2H3,(H,23,24). The number of likely N-dealkylation sites (tertiary alicyclic amines) is 1. The van der Waals surface area contributed by atoms with Crippen molar-refractivity contribution in [1.82, 2.24) is 14.7 Å². The summed E-state index contributed by atoms with van der Waals surface area (Å²) in [7, 11) is 0. The molecule has 0 radical (unpaired) electrons. The average molecular weight is 337 g/mol. The first-order valence-electron chi connectivity index (χ1n) is 8.81. The molecule has 1 N–H and O–H groups in total. The second kappa shape index (κ2) is 6.02. The molecule has 134 valence electrons. The second-order valence-corrected chi connectivity index (χ2v) is 7.93. The van der Waals surface area contributed by atoms with Gasteiger partial charge in [0.15, 0.2) is 5.41 Å². The van der Waals surface area contributed by atoms with Gasteiger partial charge in [0, 0.05) is 39.3 Å². The Morgan fingerprint density at radius 3 is 1.92 bits per heavy atom. The van der Waals surface area contributed by atoms with E-state index < -0.39 is 16.8 Å². The van der Waals surface area contributed by atoms with Gasteiger partial charge in [-0.15, -0.1) is 0 Å². The smallest absolute Gasteiger partial charge is 0.319 e. The van der Waals surface area contributed by atoms with Gasteiger partial charge in [0.05, 0.1) is 6.54 Å². The monoisotopic (exact) mass is 337 g/mol. The maximum absolute atomic E-state index is 12.7. The highest BCUT2D eigenvalue weighted by Crippen LogP contribution is 2.64. The van der Waals surface area contributed by atoms with Crippen LogP contribution in [0.5, 0.6) is 0 Å². The molecule has 0 aromatic carbocycles. The minimum atomic E-state index is -1.25. The van der Waals surface area contributed by atoms with Gasteiger partial charge in [-0.25, -0.2) is 0 Å². The Morgan fingerprint density at radius 1 is 0.917 bits per heavy atom. The van der Waals surface area contributed by atoms with Crippen molar-refractivity contribution in [2.75, 3.05) is 45.8 Å². The van der Waals surface area contributed by atoms with Crippen LogP contribution >= 0.6 is 0 Å². The van der Waals surface area contributed by atoms with Crippen LogP contribution in [-0.2, 0) is 14.4 Å². The number of hydrogen-bond donors (Lipinski definition) is 1. The lowest BCUT2D eigenvalue weighted by Crippen LogP contribution is -2.54. The number of nitrogens with zero attached hydrogens (tertiary/aromatic N) is 3. The van der Waals surface area contributed by atoms with E-state index in [1.54, 1.807) is 4.90 Å². The lowest BCUT2D eigenvalue weighted by Gasteiger charge is -2.36. The largest absolute Gasteiger partial charge is 0.480 e. The molecule has 0 aromatic rings. The maximum atomic E-state index is 12.7. The molecule has 0 bridgehead atoms. The van der Waals surface area contributed by atoms with Crippen LogP contribution in [-0.4, -0.2) is 83.4 Å². The fraction of sp³-hybridized carbons (Fsp3) is 0.824. The van der Waals surface area contributed by atoms with Gasteiger partial charge in [0.2, 0.25) is 11.8 Å². The molecule has 2 heterocycles. The van der Waals surface area contributed by atoms with E-state index >= 15 is 0 Å². The highest BCUT2D eigenvalue weighted by atomic mass is 16.4. The van der Waals surface area contributed by atoms with Crippen LogP contribution in [0.15, 0.2) is 0 Å². The van der Waals surface area contributed by atoms with Crippen molar-refractivity contribution in [3.8, 4) is 0 Å². The summed E-state index contributed by atoms with van der Waals surface area (Å²) in [6, 6.07) is 0. The minimum absolute atomic E-state index is 0.164. The molecule has 7 heteroatoms. The van der Waals surface area contributed by atoms with Crippen molar-refractivity contribution >= 4 is 17.8 Å². The molecule has 3 rings (SSSR count). The van der Waals surface area contributed by atoms with Crippen molar-refractivity contribution < 1.29 is 19.5 Å². The molecule has 0 aromatic heterocycles. The number of amides is 2. The number of carbonyl (C=O) groups is 3. The molecule has 1 saturated carbocycles. The van der Waals surface area contributed by atoms with Crippen LogP contribution < -0.4 is 0 Å². The molecule has 2 aliphatic heterocycles. The van der Waals surface area contributed by atoms with Gasteiger partial charge in [0.1, 0.15) is 0 Å². The van der Waals surface area contributed by atoms with Crippen LogP contribution in [0.1, 0.15) is 33.1 Å². The van der Waals surface area contributed by atoms with E-state index in [9.17, 15) is 19.5 Å². The Balaban J connectivity index is 1.53. The van der Waals surface area contributed by atoms with Gasteiger partial charge in [-0.3, -0.25) is 19.3 Å². The van der Waals surface area contributed by atoms with E-state index in [1.807, 2.05) is 18.7 Å². The third-order valence-electron chi connectivity index (χ3n) is 5.94. The molecule has 1 atom stereocenters. The zero-order valence-corrected chi connectivity index (χ0v) is 14.6. The Kier molecular flexibility index (Phi) is 4.32. The third kappa shape index (κ3) is 2.79. The molecule has 3 aliphatic rings. The fourth-order valence-corrected chi connectivity index (χ4v) is 4.08. The van der Waals surface area contributed by atoms with Crippen molar-refractivity contribution in [2.45, 2.75) is 33.1 Å². The summed E-state index contributed by atoms with van der Waals surface area (Å²) < 4.78 is 0. The predicted molar refractivity (Wildman–Crippen MR) is 87.3 cm³/mol. The van der Waals surface area contributed by atoms with E-state index in [-0.39, 0.29) is 11.8 Å². The van der Waals surface area contributed by atoms with Gasteiger partial charge >= 0.3 is 5.97 Å². The molecule has 2 saturated heterocycles. The number of carboxylic acid groups (broad SMARTS) is 1. The van der Waals surface area contributed by atoms with Crippen molar-refractivity contribution in [2.24, 2.45) is 10.8 Å². The van der Waals surface area contributed by atoms with E-state index in [0.29, 0.717) is 39.1 Å². The number of carbonyl (C=O) groups excluding carboxylic acids is 2. The topological polar surface area (TPSA) is 81.2 Å². The molecule has 24 heavy (non-hydrogen) atoms. The molecule has 0 spiro atoms. The van der Waals surface area contributed by atoms with Gasteiger partial charge in [-0.05, 0) is 24.7 Å². The first-order chi connectivity index (χ1) is 11.3. The molecule has 1 aliphatic carbocycles. The Labute approximate surface area is 142 Å². The van der Waals surface area contributed by atoms with E-state index in [2.05, 4.69) is 4.90 Å². The van der Waals surface area contributed by atoms with Gasteiger partial charge in [-0.1, -0.05) is 13.8 Å². The second-order valence-electron chi connectivity index (χ2n) is 7.93. The van der Waals surface area contributed by atoms with Gasteiger partial charge in [0.25, 0.3) is 0 Å². The van der Waals surface area contributed by atoms with Crippen molar-refractivity contribution in [3.05, 3.63) is 0 Å². The van der Waals surface area contributed by atoms with Crippen LogP contribution in [0.4, 0.5) is 0 Å². The molecular formula is C17H27N3O4. The number of rotatable bonds is 4. The Bertz CT molecular complexity index is 548. The zero-order valence-electron chi connectivity index (χ0n) is 14.6. The number of carboxylic acids is 1. The highest BCUT2D eigenvalue weighted by molar-refractivity contribution is 6.06. The summed E-state index contributed by atoms with van der Waals surface area (Å²) in [6.07, 6.45) is 2.57. The normalized spacial score (nSPS) is 29.6. The first kappa shape index (κ1) is 17.2. The lowest BCUT2D eigenvalue weighted by molar-refractivity contribution is -0.156. The molecule has 7 nitrogen and oxygen atoms in total. The van der Waals surface area contributed by atoms with Crippen LogP contribution in [0.2, 0.25) is 0 Å². The van der Waals surface area contributed by atoms with Crippen LogP contribution in [0.3, 0.4) is 0 Å². The SMILES string of the molecule is CC1(C)CC1(C(=O)O)C(=O)N1CCN(CC(=O)N2CCCC2)CC1. The van der Waals surface area contributed by atoms with Crippen molar-refractivity contribution in [3.63, 3.8) is 0 Å². The summed E-state index contributed by atoms with van der Waals surface area (Å²) in [4.78, 5) is 42.2. The summed E-state index contributed by atoms with van der Waals surface area (Å²) in [6.45, 7) is 8.03. The highest BCUT2D eigenvalue weighted by Gasteiger charge is 2.72. The lowest BCUT2D eigenvalue weighted by atomic mass is 9.94. The predicted octanol–water partition coefficient (Wildman–Crippen LogP) is 0.254. The van der Waals surface area contributed by atoms with E-state index in [1.165, 1.54) is 0 Å². The quantitative estimate of drug-likeness (QED) is 0.744. The zero-order chi connectivity index (χ0) is 17.5. The summed E-state index contributed by atoms with van der Waals surface area (Å²) in [5, 5.41) is 9.52. The number of piperazine rings is 1. The third-order valence-corrected chi connectivity index (χ3v) is 5.94. The summed E-state index contributed by atoms with van der Waals surface area (Å²) in [5.74, 6) is -1.10.